The normalized spacial score (nSPS) is 10.6. The Morgan fingerprint density at radius 1 is 1.10 bits per heavy atom. The lowest BCUT2D eigenvalue weighted by atomic mass is 10.1. The third-order valence-electron chi connectivity index (χ3n) is 4.07. The van der Waals surface area contributed by atoms with Gasteiger partial charge in [-0.05, 0) is 64.4 Å². The van der Waals surface area contributed by atoms with E-state index < -0.39 is 11.9 Å². The molecule has 1 aromatic carbocycles. The summed E-state index contributed by atoms with van der Waals surface area (Å²) in [5.74, 6) is -0.624. The molecule has 2 rings (SSSR count). The number of aromatic nitrogens is 1. The summed E-state index contributed by atoms with van der Waals surface area (Å²) in [6, 6.07) is 6.94. The number of hydrogen-bond acceptors (Lipinski definition) is 5. The number of nitrogens with one attached hydrogen (secondary N) is 3. The number of rotatable bonds is 8. The molecule has 0 atom stereocenters. The molecule has 156 valence electrons. The second kappa shape index (κ2) is 9.77. The Labute approximate surface area is 170 Å². The molecule has 0 aliphatic heterocycles. The molecule has 3 N–H and O–H groups in total. The van der Waals surface area contributed by atoms with Gasteiger partial charge in [0.05, 0.1) is 24.8 Å². The number of carbonyl (C=O) groups excluding carboxylic acids is 3. The number of carbonyl (C=O) groups is 3. The summed E-state index contributed by atoms with van der Waals surface area (Å²) in [7, 11) is 0. The van der Waals surface area contributed by atoms with E-state index >= 15 is 0 Å². The summed E-state index contributed by atoms with van der Waals surface area (Å²) < 4.78 is 10.6. The maximum absolute atomic E-state index is 12.5. The fourth-order valence-corrected chi connectivity index (χ4v) is 2.81. The third-order valence-corrected chi connectivity index (χ3v) is 4.07. The fourth-order valence-electron chi connectivity index (χ4n) is 2.81. The molecular weight excluding hydrogens is 374 g/mol. The zero-order valence-corrected chi connectivity index (χ0v) is 17.3. The first kappa shape index (κ1) is 22.0. The Morgan fingerprint density at radius 3 is 2.34 bits per heavy atom. The first-order valence-electron chi connectivity index (χ1n) is 9.44. The Kier molecular flexibility index (Phi) is 7.41. The first-order valence-corrected chi connectivity index (χ1v) is 9.44. The molecule has 0 spiro atoms. The van der Waals surface area contributed by atoms with Crippen molar-refractivity contribution in [1.29, 1.82) is 0 Å². The van der Waals surface area contributed by atoms with Gasteiger partial charge in [-0.1, -0.05) is 0 Å². The standard InChI is InChI=1S/C21H27N3O5/c1-6-28-16-9-7-15(8-10-16)24-17(25)11-22-20(26)19-13(4)18(14(5)23-19)21(27)29-12(2)3/h7-10,12,23H,6,11H2,1-5H3,(H,22,26)(H,24,25). The van der Waals surface area contributed by atoms with Gasteiger partial charge in [-0.15, -0.1) is 0 Å². The van der Waals surface area contributed by atoms with Gasteiger partial charge >= 0.3 is 5.97 Å². The van der Waals surface area contributed by atoms with Crippen molar-refractivity contribution in [1.82, 2.24) is 10.3 Å². The predicted molar refractivity (Wildman–Crippen MR) is 109 cm³/mol. The molecule has 0 unspecified atom stereocenters. The van der Waals surface area contributed by atoms with E-state index in [0.717, 1.165) is 0 Å². The highest BCUT2D eigenvalue weighted by Gasteiger charge is 2.23. The van der Waals surface area contributed by atoms with Crippen LogP contribution in [0, 0.1) is 13.8 Å². The van der Waals surface area contributed by atoms with Gasteiger partial charge in [0.25, 0.3) is 5.91 Å². The van der Waals surface area contributed by atoms with E-state index in [-0.39, 0.29) is 24.2 Å². The van der Waals surface area contributed by atoms with Crippen LogP contribution >= 0.6 is 0 Å². The SMILES string of the molecule is CCOc1ccc(NC(=O)CNC(=O)c2[nH]c(C)c(C(=O)OC(C)C)c2C)cc1. The van der Waals surface area contributed by atoms with Crippen LogP contribution in [-0.4, -0.2) is 42.0 Å². The minimum atomic E-state index is -0.487. The quantitative estimate of drug-likeness (QED) is 0.589. The largest absolute Gasteiger partial charge is 0.494 e. The molecule has 0 aliphatic rings. The van der Waals surface area contributed by atoms with Gasteiger partial charge in [-0.25, -0.2) is 4.79 Å². The molecule has 8 nitrogen and oxygen atoms in total. The van der Waals surface area contributed by atoms with Gasteiger partial charge in [0.1, 0.15) is 11.4 Å². The number of ether oxygens (including phenoxy) is 2. The van der Waals surface area contributed by atoms with Gasteiger partial charge in [0.15, 0.2) is 0 Å². The second-order valence-electron chi connectivity index (χ2n) is 6.77. The predicted octanol–water partition coefficient (Wildman–Crippen LogP) is 2.96. The van der Waals surface area contributed by atoms with E-state index in [2.05, 4.69) is 15.6 Å². The Morgan fingerprint density at radius 2 is 1.76 bits per heavy atom. The molecule has 1 aromatic heterocycles. The highest BCUT2D eigenvalue weighted by atomic mass is 16.5. The number of aromatic amines is 1. The van der Waals surface area contributed by atoms with Crippen molar-refractivity contribution in [2.75, 3.05) is 18.5 Å². The van der Waals surface area contributed by atoms with Crippen LogP contribution in [0.3, 0.4) is 0 Å². The van der Waals surface area contributed by atoms with Crippen LogP contribution < -0.4 is 15.4 Å². The van der Waals surface area contributed by atoms with Crippen LogP contribution in [0.2, 0.25) is 0 Å². The summed E-state index contributed by atoms with van der Waals surface area (Å²) in [5, 5.41) is 5.25. The number of hydrogen-bond donors (Lipinski definition) is 3. The van der Waals surface area contributed by atoms with E-state index in [4.69, 9.17) is 9.47 Å². The van der Waals surface area contributed by atoms with Gasteiger partial charge in [0, 0.05) is 11.4 Å². The molecule has 0 saturated carbocycles. The number of H-pyrrole nitrogens is 1. The lowest BCUT2D eigenvalue weighted by molar-refractivity contribution is -0.115. The fraction of sp³-hybridized carbons (Fsp3) is 0.381. The van der Waals surface area contributed by atoms with Crippen molar-refractivity contribution in [2.45, 2.75) is 40.7 Å². The molecule has 2 aromatic rings. The third kappa shape index (κ3) is 5.84. The number of esters is 1. The summed E-state index contributed by atoms with van der Waals surface area (Å²) >= 11 is 0. The van der Waals surface area contributed by atoms with Crippen molar-refractivity contribution in [3.8, 4) is 5.75 Å². The van der Waals surface area contributed by atoms with Gasteiger partial charge in [-0.2, -0.15) is 0 Å². The molecule has 0 fully saturated rings. The van der Waals surface area contributed by atoms with Crippen LogP contribution in [-0.2, 0) is 9.53 Å². The first-order chi connectivity index (χ1) is 13.7. The molecule has 29 heavy (non-hydrogen) atoms. The van der Waals surface area contributed by atoms with Crippen LogP contribution in [0.5, 0.6) is 5.75 Å². The Bertz CT molecular complexity index is 884. The summed E-state index contributed by atoms with van der Waals surface area (Å²) in [6.07, 6.45) is -0.264. The molecule has 0 bridgehead atoms. The number of aryl methyl sites for hydroxylation is 1. The van der Waals surface area contributed by atoms with Crippen molar-refractivity contribution in [3.05, 3.63) is 46.8 Å². The van der Waals surface area contributed by atoms with Crippen LogP contribution in [0.15, 0.2) is 24.3 Å². The van der Waals surface area contributed by atoms with E-state index in [1.54, 1.807) is 52.0 Å². The number of amides is 2. The Hall–Kier alpha value is -3.29. The van der Waals surface area contributed by atoms with Gasteiger partial charge in [0.2, 0.25) is 5.91 Å². The van der Waals surface area contributed by atoms with Gasteiger partial charge in [-0.3, -0.25) is 9.59 Å². The summed E-state index contributed by atoms with van der Waals surface area (Å²) in [5.41, 5.74) is 2.18. The molecule has 1 heterocycles. The second-order valence-corrected chi connectivity index (χ2v) is 6.77. The van der Waals surface area contributed by atoms with E-state index in [1.165, 1.54) is 0 Å². The van der Waals surface area contributed by atoms with E-state index in [0.29, 0.717) is 34.9 Å². The molecule has 0 saturated heterocycles. The zero-order chi connectivity index (χ0) is 21.6. The van der Waals surface area contributed by atoms with Crippen molar-refractivity contribution < 1.29 is 23.9 Å². The van der Waals surface area contributed by atoms with Crippen molar-refractivity contribution >= 4 is 23.5 Å². The summed E-state index contributed by atoms with van der Waals surface area (Å²) in [6.45, 7) is 9.11. The summed E-state index contributed by atoms with van der Waals surface area (Å²) in [4.78, 5) is 39.7. The highest BCUT2D eigenvalue weighted by Crippen LogP contribution is 2.20. The van der Waals surface area contributed by atoms with Crippen LogP contribution in [0.1, 0.15) is 52.9 Å². The number of benzene rings is 1. The topological polar surface area (TPSA) is 110 Å². The molecular formula is C21H27N3O5. The van der Waals surface area contributed by atoms with Crippen LogP contribution in [0.4, 0.5) is 5.69 Å². The Balaban J connectivity index is 1.96. The molecule has 0 radical (unpaired) electrons. The maximum atomic E-state index is 12.5. The smallest absolute Gasteiger partial charge is 0.340 e. The average Bonchev–Trinajstić information content (AvgIpc) is 2.95. The minimum absolute atomic E-state index is 0.213. The average molecular weight is 401 g/mol. The highest BCUT2D eigenvalue weighted by molar-refractivity contribution is 6.02. The van der Waals surface area contributed by atoms with Crippen LogP contribution in [0.25, 0.3) is 0 Å². The van der Waals surface area contributed by atoms with Gasteiger partial charge < -0.3 is 25.1 Å². The molecule has 8 heteroatoms. The lowest BCUT2D eigenvalue weighted by Crippen LogP contribution is -2.33. The monoisotopic (exact) mass is 401 g/mol. The van der Waals surface area contributed by atoms with E-state index in [1.807, 2.05) is 6.92 Å². The molecule has 2 amide bonds. The zero-order valence-electron chi connectivity index (χ0n) is 17.3. The lowest BCUT2D eigenvalue weighted by Gasteiger charge is -2.09. The molecule has 0 aliphatic carbocycles. The number of anilines is 1. The minimum Gasteiger partial charge on any atom is -0.494 e. The van der Waals surface area contributed by atoms with Crippen molar-refractivity contribution in [3.63, 3.8) is 0 Å². The van der Waals surface area contributed by atoms with Crippen molar-refractivity contribution in [2.24, 2.45) is 0 Å². The van der Waals surface area contributed by atoms with E-state index in [9.17, 15) is 14.4 Å². The maximum Gasteiger partial charge on any atom is 0.340 e.